The molecular formula is C16H14O4. The van der Waals surface area contributed by atoms with Gasteiger partial charge < -0.3 is 14.6 Å². The zero-order valence-corrected chi connectivity index (χ0v) is 11.0. The maximum atomic E-state index is 12.1. The molecule has 0 aliphatic carbocycles. The highest BCUT2D eigenvalue weighted by atomic mass is 16.5. The van der Waals surface area contributed by atoms with Gasteiger partial charge >= 0.3 is 0 Å². The van der Waals surface area contributed by atoms with E-state index in [0.29, 0.717) is 11.3 Å². The number of fused-ring (bicyclic) bond motifs is 1. The van der Waals surface area contributed by atoms with E-state index in [1.807, 2.05) is 24.3 Å². The van der Waals surface area contributed by atoms with E-state index in [9.17, 15) is 9.90 Å². The highest BCUT2D eigenvalue weighted by molar-refractivity contribution is 6.00. The molecular weight excluding hydrogens is 256 g/mol. The Hall–Kier alpha value is -2.49. The maximum absolute atomic E-state index is 12.1. The third-order valence-corrected chi connectivity index (χ3v) is 3.39. The number of carbonyl (C=O) groups is 1. The monoisotopic (exact) mass is 270 g/mol. The highest BCUT2D eigenvalue weighted by Gasteiger charge is 2.27. The molecule has 1 atom stereocenters. The molecule has 1 aliphatic rings. The van der Waals surface area contributed by atoms with E-state index in [1.54, 1.807) is 13.2 Å². The summed E-state index contributed by atoms with van der Waals surface area (Å²) in [5.41, 5.74) is 1.37. The molecule has 0 radical (unpaired) electrons. The number of hydrogen-bond donors (Lipinski definition) is 1. The summed E-state index contributed by atoms with van der Waals surface area (Å²) < 4.78 is 11.0. The quantitative estimate of drug-likeness (QED) is 0.911. The van der Waals surface area contributed by atoms with Crippen molar-refractivity contribution < 1.29 is 19.4 Å². The average molecular weight is 270 g/mol. The van der Waals surface area contributed by atoms with Gasteiger partial charge in [-0.25, -0.2) is 0 Å². The van der Waals surface area contributed by atoms with E-state index in [1.165, 1.54) is 12.1 Å². The van der Waals surface area contributed by atoms with Gasteiger partial charge in [0.05, 0.1) is 19.1 Å². The number of carbonyl (C=O) groups excluding carboxylic acids is 1. The van der Waals surface area contributed by atoms with Crippen LogP contribution in [0.3, 0.4) is 0 Å². The predicted octanol–water partition coefficient (Wildman–Crippen LogP) is 3.11. The van der Waals surface area contributed by atoms with Crippen LogP contribution in [0.15, 0.2) is 42.5 Å². The largest absolute Gasteiger partial charge is 0.508 e. The highest BCUT2D eigenvalue weighted by Crippen LogP contribution is 2.36. The normalized spacial score (nSPS) is 17.2. The summed E-state index contributed by atoms with van der Waals surface area (Å²) in [4.78, 5) is 12.1. The predicted molar refractivity (Wildman–Crippen MR) is 73.4 cm³/mol. The number of aromatic hydroxyl groups is 1. The fourth-order valence-corrected chi connectivity index (χ4v) is 2.32. The van der Waals surface area contributed by atoms with Gasteiger partial charge in [0.2, 0.25) is 0 Å². The van der Waals surface area contributed by atoms with Crippen molar-refractivity contribution in [1.29, 1.82) is 0 Å². The summed E-state index contributed by atoms with van der Waals surface area (Å²) in [5, 5.41) is 9.42. The fraction of sp³-hybridized carbons (Fsp3) is 0.188. The van der Waals surface area contributed by atoms with Gasteiger partial charge in [0.25, 0.3) is 0 Å². The standard InChI is InChI=1S/C16H14O4/c1-19-12-5-2-10(3-6-12)16-9-14(18)13-8-11(17)4-7-15(13)20-16/h2-8,16-17H,9H2,1H3. The Morgan fingerprint density at radius 1 is 1.20 bits per heavy atom. The first-order valence-corrected chi connectivity index (χ1v) is 6.34. The summed E-state index contributed by atoms with van der Waals surface area (Å²) in [6, 6.07) is 12.1. The summed E-state index contributed by atoms with van der Waals surface area (Å²) in [6.07, 6.45) is -0.0339. The minimum Gasteiger partial charge on any atom is -0.508 e. The van der Waals surface area contributed by atoms with Crippen molar-refractivity contribution in [3.8, 4) is 17.2 Å². The van der Waals surface area contributed by atoms with Crippen LogP contribution in [0.2, 0.25) is 0 Å². The number of benzene rings is 2. The summed E-state index contributed by atoms with van der Waals surface area (Å²) in [6.45, 7) is 0. The van der Waals surface area contributed by atoms with Crippen LogP contribution in [0, 0.1) is 0 Å². The smallest absolute Gasteiger partial charge is 0.170 e. The lowest BCUT2D eigenvalue weighted by Gasteiger charge is -2.25. The van der Waals surface area contributed by atoms with Crippen LogP contribution in [0.1, 0.15) is 28.4 Å². The third kappa shape index (κ3) is 2.20. The number of ketones is 1. The van der Waals surface area contributed by atoms with Gasteiger partial charge in [-0.05, 0) is 35.9 Å². The van der Waals surface area contributed by atoms with Crippen molar-refractivity contribution in [2.24, 2.45) is 0 Å². The van der Waals surface area contributed by atoms with Gasteiger partial charge in [-0.15, -0.1) is 0 Å². The molecule has 0 saturated carbocycles. The molecule has 0 fully saturated rings. The molecule has 2 aromatic rings. The Balaban J connectivity index is 1.90. The van der Waals surface area contributed by atoms with Crippen molar-refractivity contribution in [2.75, 3.05) is 7.11 Å². The Bertz CT molecular complexity index is 646. The van der Waals surface area contributed by atoms with Crippen LogP contribution in [0.5, 0.6) is 17.2 Å². The molecule has 1 heterocycles. The molecule has 1 aliphatic heterocycles. The van der Waals surface area contributed by atoms with E-state index in [-0.39, 0.29) is 24.1 Å². The van der Waals surface area contributed by atoms with Gasteiger partial charge in [0, 0.05) is 0 Å². The van der Waals surface area contributed by atoms with Gasteiger partial charge in [-0.2, -0.15) is 0 Å². The zero-order valence-electron chi connectivity index (χ0n) is 11.0. The van der Waals surface area contributed by atoms with Gasteiger partial charge in [0.15, 0.2) is 5.78 Å². The molecule has 0 saturated heterocycles. The molecule has 0 bridgehead atoms. The molecule has 0 amide bonds. The van der Waals surface area contributed by atoms with E-state index in [0.717, 1.165) is 11.3 Å². The van der Waals surface area contributed by atoms with E-state index in [2.05, 4.69) is 0 Å². The molecule has 1 N–H and O–H groups in total. The minimum absolute atomic E-state index is 0.0250. The average Bonchev–Trinajstić information content (AvgIpc) is 2.48. The van der Waals surface area contributed by atoms with Crippen molar-refractivity contribution >= 4 is 5.78 Å². The molecule has 20 heavy (non-hydrogen) atoms. The zero-order chi connectivity index (χ0) is 14.1. The summed E-state index contributed by atoms with van der Waals surface area (Å²) >= 11 is 0. The molecule has 1 unspecified atom stereocenters. The Kier molecular flexibility index (Phi) is 3.06. The van der Waals surface area contributed by atoms with Gasteiger partial charge in [-0.1, -0.05) is 12.1 Å². The summed E-state index contributed by atoms with van der Waals surface area (Å²) in [7, 11) is 1.61. The van der Waals surface area contributed by atoms with E-state index >= 15 is 0 Å². The lowest BCUT2D eigenvalue weighted by Crippen LogP contribution is -2.20. The second-order valence-electron chi connectivity index (χ2n) is 4.69. The Morgan fingerprint density at radius 2 is 1.95 bits per heavy atom. The number of phenolic OH excluding ortho intramolecular Hbond substituents is 1. The number of phenols is 1. The van der Waals surface area contributed by atoms with Crippen molar-refractivity contribution in [3.05, 3.63) is 53.6 Å². The molecule has 4 nitrogen and oxygen atoms in total. The molecule has 3 rings (SSSR count). The molecule has 2 aromatic carbocycles. The summed E-state index contributed by atoms with van der Waals surface area (Å²) in [5.74, 6) is 1.33. The number of methoxy groups -OCH3 is 1. The Labute approximate surface area is 116 Å². The molecule has 0 spiro atoms. The third-order valence-electron chi connectivity index (χ3n) is 3.39. The fourth-order valence-electron chi connectivity index (χ4n) is 2.32. The van der Waals surface area contributed by atoms with Crippen LogP contribution in [-0.4, -0.2) is 18.0 Å². The number of ether oxygens (including phenoxy) is 2. The Morgan fingerprint density at radius 3 is 2.65 bits per heavy atom. The first-order chi connectivity index (χ1) is 9.67. The lowest BCUT2D eigenvalue weighted by molar-refractivity contribution is 0.0849. The van der Waals surface area contributed by atoms with Crippen molar-refractivity contribution in [2.45, 2.75) is 12.5 Å². The molecule has 0 aromatic heterocycles. The van der Waals surface area contributed by atoms with Crippen LogP contribution in [0.25, 0.3) is 0 Å². The number of hydrogen-bond acceptors (Lipinski definition) is 4. The van der Waals surface area contributed by atoms with Crippen molar-refractivity contribution in [3.63, 3.8) is 0 Å². The molecule has 102 valence electrons. The van der Waals surface area contributed by atoms with E-state index in [4.69, 9.17) is 9.47 Å². The van der Waals surface area contributed by atoms with E-state index < -0.39 is 0 Å². The minimum atomic E-state index is -0.301. The second-order valence-corrected chi connectivity index (χ2v) is 4.69. The molecule has 4 heteroatoms. The first-order valence-electron chi connectivity index (χ1n) is 6.34. The van der Waals surface area contributed by atoms with Gasteiger partial charge in [-0.3, -0.25) is 4.79 Å². The topological polar surface area (TPSA) is 55.8 Å². The second kappa shape index (κ2) is 4.89. The van der Waals surface area contributed by atoms with Crippen molar-refractivity contribution in [1.82, 2.24) is 0 Å². The van der Waals surface area contributed by atoms with Crippen LogP contribution < -0.4 is 9.47 Å². The van der Waals surface area contributed by atoms with Gasteiger partial charge in [0.1, 0.15) is 23.4 Å². The first kappa shape index (κ1) is 12.5. The number of Topliss-reactive ketones (excluding diaryl/α,β-unsaturated/α-hetero) is 1. The maximum Gasteiger partial charge on any atom is 0.170 e. The van der Waals surface area contributed by atoms with Crippen LogP contribution in [-0.2, 0) is 0 Å². The van der Waals surface area contributed by atoms with Crippen LogP contribution >= 0.6 is 0 Å². The van der Waals surface area contributed by atoms with Crippen LogP contribution in [0.4, 0.5) is 0 Å². The SMILES string of the molecule is COc1ccc(C2CC(=O)c3cc(O)ccc3O2)cc1. The lowest BCUT2D eigenvalue weighted by atomic mass is 9.96. The number of rotatable bonds is 2.